The van der Waals surface area contributed by atoms with Crippen molar-refractivity contribution in [3.05, 3.63) is 65.0 Å². The molecule has 3 heteroatoms. The molecule has 1 N–H and O–H groups in total. The van der Waals surface area contributed by atoms with E-state index in [2.05, 4.69) is 60.9 Å². The zero-order chi connectivity index (χ0) is 15.5. The fraction of sp³-hybridized carbons (Fsp3) is 0.316. The maximum Gasteiger partial charge on any atom is 0.110 e. The van der Waals surface area contributed by atoms with E-state index in [-0.39, 0.29) is 6.61 Å². The molecule has 1 heterocycles. The lowest BCUT2D eigenvalue weighted by molar-refractivity contribution is 0.287. The van der Waals surface area contributed by atoms with Gasteiger partial charge in [0.15, 0.2) is 0 Å². The minimum atomic E-state index is 0.201. The molecule has 2 aromatic carbocycles. The summed E-state index contributed by atoms with van der Waals surface area (Å²) >= 11 is 0. The molecule has 3 nitrogen and oxygen atoms in total. The molecular formula is C19H22N2O. The number of nitrogens with zero attached hydrogens (tertiary/aromatic N) is 2. The van der Waals surface area contributed by atoms with E-state index < -0.39 is 0 Å². The molecule has 0 saturated carbocycles. The quantitative estimate of drug-likeness (QED) is 0.780. The van der Waals surface area contributed by atoms with Crippen LogP contribution in [-0.2, 0) is 13.0 Å². The van der Waals surface area contributed by atoms with Crippen LogP contribution in [0.1, 0.15) is 28.9 Å². The second-order valence-corrected chi connectivity index (χ2v) is 5.86. The fourth-order valence-electron chi connectivity index (χ4n) is 2.85. The zero-order valence-electron chi connectivity index (χ0n) is 13.2. The third-order valence-corrected chi connectivity index (χ3v) is 4.13. The maximum absolute atomic E-state index is 9.13. The highest BCUT2D eigenvalue weighted by molar-refractivity contribution is 5.77. The summed E-state index contributed by atoms with van der Waals surface area (Å²) < 4.78 is 2.28. The van der Waals surface area contributed by atoms with E-state index in [1.165, 1.54) is 22.2 Å². The van der Waals surface area contributed by atoms with Gasteiger partial charge >= 0.3 is 0 Å². The number of aromatic nitrogens is 2. The Labute approximate surface area is 131 Å². The number of fused-ring (bicyclic) bond motifs is 1. The largest absolute Gasteiger partial charge is 0.396 e. The fourth-order valence-corrected chi connectivity index (χ4v) is 2.85. The van der Waals surface area contributed by atoms with Crippen molar-refractivity contribution in [2.75, 3.05) is 6.61 Å². The molecule has 0 saturated heterocycles. The summed E-state index contributed by atoms with van der Waals surface area (Å²) in [4.78, 5) is 4.79. The molecule has 114 valence electrons. The van der Waals surface area contributed by atoms with Crippen LogP contribution in [-0.4, -0.2) is 21.3 Å². The van der Waals surface area contributed by atoms with Crippen molar-refractivity contribution in [1.82, 2.24) is 9.55 Å². The number of aliphatic hydroxyl groups excluding tert-OH is 1. The first-order valence-corrected chi connectivity index (χ1v) is 7.80. The van der Waals surface area contributed by atoms with Crippen molar-refractivity contribution in [1.29, 1.82) is 0 Å². The number of aryl methyl sites for hydroxylation is 3. The summed E-state index contributed by atoms with van der Waals surface area (Å²) in [6.45, 7) is 5.26. The molecular weight excluding hydrogens is 272 g/mol. The predicted molar refractivity (Wildman–Crippen MR) is 90.2 cm³/mol. The van der Waals surface area contributed by atoms with Crippen LogP contribution in [0.4, 0.5) is 0 Å². The first-order valence-electron chi connectivity index (χ1n) is 7.80. The molecule has 0 unspecified atom stereocenters. The van der Waals surface area contributed by atoms with Gasteiger partial charge < -0.3 is 9.67 Å². The molecule has 0 spiro atoms. The molecule has 0 aliphatic rings. The van der Waals surface area contributed by atoms with E-state index in [0.717, 1.165) is 30.7 Å². The average molecular weight is 294 g/mol. The molecule has 1 aromatic heterocycles. The lowest BCUT2D eigenvalue weighted by atomic mass is 10.1. The SMILES string of the molecule is Cc1ccc2c(c1)nc(CCCO)n2Cc1ccccc1C. The monoisotopic (exact) mass is 294 g/mol. The van der Waals surface area contributed by atoms with Gasteiger partial charge in [-0.25, -0.2) is 4.98 Å². The highest BCUT2D eigenvalue weighted by Crippen LogP contribution is 2.21. The van der Waals surface area contributed by atoms with Gasteiger partial charge in [-0.1, -0.05) is 30.3 Å². The highest BCUT2D eigenvalue weighted by atomic mass is 16.2. The molecule has 0 radical (unpaired) electrons. The van der Waals surface area contributed by atoms with Crippen LogP contribution in [0.15, 0.2) is 42.5 Å². The Balaban J connectivity index is 2.07. The van der Waals surface area contributed by atoms with E-state index in [4.69, 9.17) is 10.1 Å². The van der Waals surface area contributed by atoms with Gasteiger partial charge in [0.2, 0.25) is 0 Å². The van der Waals surface area contributed by atoms with E-state index in [1.807, 2.05) is 0 Å². The summed E-state index contributed by atoms with van der Waals surface area (Å²) in [5.41, 5.74) is 6.04. The molecule has 0 amide bonds. The normalized spacial score (nSPS) is 11.2. The Morgan fingerprint density at radius 1 is 1.09 bits per heavy atom. The average Bonchev–Trinajstić information content (AvgIpc) is 2.84. The Hall–Kier alpha value is -2.13. The first kappa shape index (κ1) is 14.8. The second kappa shape index (κ2) is 6.32. The van der Waals surface area contributed by atoms with Gasteiger partial charge in [0.1, 0.15) is 5.82 Å². The molecule has 0 aliphatic heterocycles. The minimum Gasteiger partial charge on any atom is -0.396 e. The van der Waals surface area contributed by atoms with Crippen LogP contribution in [0.2, 0.25) is 0 Å². The third kappa shape index (κ3) is 2.90. The van der Waals surface area contributed by atoms with Gasteiger partial charge in [0, 0.05) is 19.6 Å². The summed E-state index contributed by atoms with van der Waals surface area (Å²) in [7, 11) is 0. The van der Waals surface area contributed by atoms with Crippen LogP contribution in [0.5, 0.6) is 0 Å². The van der Waals surface area contributed by atoms with Crippen LogP contribution in [0.25, 0.3) is 11.0 Å². The molecule has 0 aliphatic carbocycles. The Kier molecular flexibility index (Phi) is 4.25. The van der Waals surface area contributed by atoms with Gasteiger partial charge in [0.05, 0.1) is 11.0 Å². The Bertz CT molecular complexity index is 789. The maximum atomic E-state index is 9.13. The second-order valence-electron chi connectivity index (χ2n) is 5.86. The lowest BCUT2D eigenvalue weighted by Crippen LogP contribution is -2.07. The van der Waals surface area contributed by atoms with Gasteiger partial charge in [-0.05, 0) is 49.1 Å². The molecule has 0 fully saturated rings. The molecule has 3 aromatic rings. The van der Waals surface area contributed by atoms with Gasteiger partial charge in [0.25, 0.3) is 0 Å². The number of benzene rings is 2. The van der Waals surface area contributed by atoms with Crippen molar-refractivity contribution in [2.45, 2.75) is 33.2 Å². The first-order chi connectivity index (χ1) is 10.7. The molecule has 0 bridgehead atoms. The molecule has 0 atom stereocenters. The lowest BCUT2D eigenvalue weighted by Gasteiger charge is -2.11. The minimum absolute atomic E-state index is 0.201. The number of hydrogen-bond acceptors (Lipinski definition) is 2. The summed E-state index contributed by atoms with van der Waals surface area (Å²) in [5.74, 6) is 1.05. The van der Waals surface area contributed by atoms with Crippen molar-refractivity contribution < 1.29 is 5.11 Å². The Morgan fingerprint density at radius 2 is 1.91 bits per heavy atom. The summed E-state index contributed by atoms with van der Waals surface area (Å²) in [6, 6.07) is 14.9. The van der Waals surface area contributed by atoms with Crippen molar-refractivity contribution in [3.63, 3.8) is 0 Å². The van der Waals surface area contributed by atoms with Crippen molar-refractivity contribution in [3.8, 4) is 0 Å². The number of rotatable bonds is 5. The smallest absolute Gasteiger partial charge is 0.110 e. The highest BCUT2D eigenvalue weighted by Gasteiger charge is 2.11. The number of aliphatic hydroxyl groups is 1. The van der Waals surface area contributed by atoms with E-state index in [9.17, 15) is 0 Å². The standard InChI is InChI=1S/C19H22N2O/c1-14-9-10-18-17(12-14)20-19(8-5-11-22)21(18)13-16-7-4-3-6-15(16)2/h3-4,6-7,9-10,12,22H,5,8,11,13H2,1-2H3. The van der Waals surface area contributed by atoms with Crippen LogP contribution < -0.4 is 0 Å². The van der Waals surface area contributed by atoms with E-state index in [0.29, 0.717) is 0 Å². The van der Waals surface area contributed by atoms with E-state index >= 15 is 0 Å². The topological polar surface area (TPSA) is 38.1 Å². The van der Waals surface area contributed by atoms with Crippen LogP contribution in [0, 0.1) is 13.8 Å². The van der Waals surface area contributed by atoms with Crippen molar-refractivity contribution >= 4 is 11.0 Å². The number of imidazole rings is 1. The summed E-state index contributed by atoms with van der Waals surface area (Å²) in [5, 5.41) is 9.13. The van der Waals surface area contributed by atoms with E-state index in [1.54, 1.807) is 0 Å². The van der Waals surface area contributed by atoms with Gasteiger partial charge in [-0.15, -0.1) is 0 Å². The molecule has 3 rings (SSSR count). The van der Waals surface area contributed by atoms with Crippen LogP contribution >= 0.6 is 0 Å². The van der Waals surface area contributed by atoms with Gasteiger partial charge in [-0.2, -0.15) is 0 Å². The predicted octanol–water partition coefficient (Wildman–Crippen LogP) is 3.63. The van der Waals surface area contributed by atoms with Crippen LogP contribution in [0.3, 0.4) is 0 Å². The Morgan fingerprint density at radius 3 is 2.68 bits per heavy atom. The summed E-state index contributed by atoms with van der Waals surface area (Å²) in [6.07, 6.45) is 1.55. The number of hydrogen-bond donors (Lipinski definition) is 1. The van der Waals surface area contributed by atoms with Gasteiger partial charge in [-0.3, -0.25) is 0 Å². The van der Waals surface area contributed by atoms with Crippen molar-refractivity contribution in [2.24, 2.45) is 0 Å². The zero-order valence-corrected chi connectivity index (χ0v) is 13.2. The third-order valence-electron chi connectivity index (χ3n) is 4.13. The molecule has 22 heavy (non-hydrogen) atoms.